The van der Waals surface area contributed by atoms with Crippen molar-refractivity contribution >= 4 is 17.6 Å². The number of amides is 1. The van der Waals surface area contributed by atoms with Crippen LogP contribution >= 0.6 is 0 Å². The van der Waals surface area contributed by atoms with Gasteiger partial charge in [0.25, 0.3) is 0 Å². The van der Waals surface area contributed by atoms with Gasteiger partial charge < -0.3 is 10.4 Å². The van der Waals surface area contributed by atoms with E-state index in [0.29, 0.717) is 11.3 Å². The molecule has 0 unspecified atom stereocenters. The van der Waals surface area contributed by atoms with E-state index in [4.69, 9.17) is 5.11 Å². The number of benzene rings is 2. The van der Waals surface area contributed by atoms with Crippen molar-refractivity contribution in [3.8, 4) is 0 Å². The molecule has 2 aromatic rings. The summed E-state index contributed by atoms with van der Waals surface area (Å²) in [6, 6.07) is 16.4. The van der Waals surface area contributed by atoms with Crippen LogP contribution in [0.3, 0.4) is 0 Å². The predicted octanol–water partition coefficient (Wildman–Crippen LogP) is 3.23. The molecule has 22 heavy (non-hydrogen) atoms. The molecule has 0 aromatic heterocycles. The fourth-order valence-corrected chi connectivity index (χ4v) is 2.15. The zero-order valence-corrected chi connectivity index (χ0v) is 12.7. The van der Waals surface area contributed by atoms with Gasteiger partial charge in [0.05, 0.1) is 11.8 Å². The number of anilines is 1. The smallest absolute Gasteiger partial charge is 0.307 e. The molecule has 0 spiro atoms. The Bertz CT molecular complexity index is 660. The highest BCUT2D eigenvalue weighted by Crippen LogP contribution is 2.25. The lowest BCUT2D eigenvalue weighted by molar-refractivity contribution is -0.136. The molecule has 2 rings (SSSR count). The summed E-state index contributed by atoms with van der Waals surface area (Å²) in [5.74, 6) is -0.980. The lowest BCUT2D eigenvalue weighted by atomic mass is 9.83. The molecule has 0 bridgehead atoms. The number of carbonyl (C=O) groups is 2. The lowest BCUT2D eigenvalue weighted by Gasteiger charge is -2.24. The van der Waals surface area contributed by atoms with E-state index in [1.807, 2.05) is 44.2 Å². The number of rotatable bonds is 5. The van der Waals surface area contributed by atoms with Crippen molar-refractivity contribution in [3.05, 3.63) is 65.7 Å². The third-order valence-corrected chi connectivity index (χ3v) is 3.63. The minimum Gasteiger partial charge on any atom is -0.481 e. The first kappa shape index (κ1) is 15.8. The van der Waals surface area contributed by atoms with Gasteiger partial charge in [0.1, 0.15) is 0 Å². The molecule has 0 heterocycles. The highest BCUT2D eigenvalue weighted by molar-refractivity contribution is 5.98. The first-order valence-corrected chi connectivity index (χ1v) is 7.07. The molecule has 0 aliphatic heterocycles. The largest absolute Gasteiger partial charge is 0.481 e. The first-order chi connectivity index (χ1) is 10.4. The summed E-state index contributed by atoms with van der Waals surface area (Å²) < 4.78 is 0. The van der Waals surface area contributed by atoms with Gasteiger partial charge in [0.15, 0.2) is 0 Å². The van der Waals surface area contributed by atoms with Crippen LogP contribution in [-0.4, -0.2) is 17.0 Å². The van der Waals surface area contributed by atoms with Crippen molar-refractivity contribution in [2.45, 2.75) is 25.7 Å². The van der Waals surface area contributed by atoms with Gasteiger partial charge in [0, 0.05) is 5.69 Å². The minimum atomic E-state index is -0.873. The maximum Gasteiger partial charge on any atom is 0.307 e. The summed E-state index contributed by atoms with van der Waals surface area (Å²) >= 11 is 0. The SMILES string of the molecule is CC(C)(C(=O)Nc1ccc(CC(=O)O)cc1)c1ccccc1. The lowest BCUT2D eigenvalue weighted by Crippen LogP contribution is -2.34. The standard InChI is InChI=1S/C18H19NO3/c1-18(2,14-6-4-3-5-7-14)17(22)19-15-10-8-13(9-11-15)12-16(20)21/h3-11H,12H2,1-2H3,(H,19,22)(H,20,21). The Morgan fingerprint density at radius 2 is 1.59 bits per heavy atom. The molecule has 4 heteroatoms. The summed E-state index contributed by atoms with van der Waals surface area (Å²) in [6.07, 6.45) is -0.0241. The molecule has 0 atom stereocenters. The van der Waals surface area contributed by atoms with E-state index in [1.54, 1.807) is 24.3 Å². The molecular weight excluding hydrogens is 278 g/mol. The van der Waals surface area contributed by atoms with E-state index in [0.717, 1.165) is 5.56 Å². The van der Waals surface area contributed by atoms with E-state index in [-0.39, 0.29) is 12.3 Å². The average molecular weight is 297 g/mol. The molecule has 0 fully saturated rings. The van der Waals surface area contributed by atoms with Crippen molar-refractivity contribution < 1.29 is 14.7 Å². The Labute approximate surface area is 129 Å². The molecule has 0 aliphatic carbocycles. The Morgan fingerprint density at radius 3 is 2.14 bits per heavy atom. The van der Waals surface area contributed by atoms with Gasteiger partial charge in [-0.15, -0.1) is 0 Å². The molecule has 0 aliphatic rings. The van der Waals surface area contributed by atoms with Gasteiger partial charge in [-0.1, -0.05) is 42.5 Å². The average Bonchev–Trinajstić information content (AvgIpc) is 2.49. The molecule has 2 aromatic carbocycles. The monoisotopic (exact) mass is 297 g/mol. The maximum absolute atomic E-state index is 12.5. The fraction of sp³-hybridized carbons (Fsp3) is 0.222. The molecule has 2 N–H and O–H groups in total. The van der Waals surface area contributed by atoms with E-state index < -0.39 is 11.4 Å². The van der Waals surface area contributed by atoms with Crippen molar-refractivity contribution in [2.24, 2.45) is 0 Å². The van der Waals surface area contributed by atoms with Gasteiger partial charge in [0.2, 0.25) is 5.91 Å². The van der Waals surface area contributed by atoms with Gasteiger partial charge in [-0.3, -0.25) is 9.59 Å². The van der Waals surface area contributed by atoms with Gasteiger partial charge in [-0.2, -0.15) is 0 Å². The topological polar surface area (TPSA) is 66.4 Å². The van der Waals surface area contributed by atoms with Crippen LogP contribution in [0.1, 0.15) is 25.0 Å². The van der Waals surface area contributed by atoms with E-state index in [2.05, 4.69) is 5.32 Å². The van der Waals surface area contributed by atoms with Crippen LogP contribution in [0.4, 0.5) is 5.69 Å². The Morgan fingerprint density at radius 1 is 1.00 bits per heavy atom. The Balaban J connectivity index is 2.10. The Kier molecular flexibility index (Phi) is 4.61. The second-order valence-electron chi connectivity index (χ2n) is 5.71. The molecule has 1 amide bonds. The molecule has 0 saturated carbocycles. The summed E-state index contributed by atoms with van der Waals surface area (Å²) in [5, 5.41) is 11.6. The minimum absolute atomic E-state index is 0.0241. The number of carboxylic acid groups (broad SMARTS) is 1. The van der Waals surface area contributed by atoms with Crippen LogP contribution in [0.2, 0.25) is 0 Å². The van der Waals surface area contributed by atoms with Crippen LogP contribution in [0.5, 0.6) is 0 Å². The first-order valence-electron chi connectivity index (χ1n) is 7.07. The van der Waals surface area contributed by atoms with Gasteiger partial charge in [-0.05, 0) is 37.1 Å². The summed E-state index contributed by atoms with van der Waals surface area (Å²) in [6.45, 7) is 3.74. The van der Waals surface area contributed by atoms with E-state index in [9.17, 15) is 9.59 Å². The highest BCUT2D eigenvalue weighted by atomic mass is 16.4. The summed E-state index contributed by atoms with van der Waals surface area (Å²) in [4.78, 5) is 23.1. The van der Waals surface area contributed by atoms with E-state index >= 15 is 0 Å². The van der Waals surface area contributed by atoms with Crippen LogP contribution in [0, 0.1) is 0 Å². The van der Waals surface area contributed by atoms with Gasteiger partial charge in [-0.25, -0.2) is 0 Å². The molecule has 0 saturated heterocycles. The third kappa shape index (κ3) is 3.73. The maximum atomic E-state index is 12.5. The van der Waals surface area contributed by atoms with Crippen LogP contribution in [0.15, 0.2) is 54.6 Å². The van der Waals surface area contributed by atoms with Crippen LogP contribution < -0.4 is 5.32 Å². The second-order valence-corrected chi connectivity index (χ2v) is 5.71. The number of hydrogen-bond donors (Lipinski definition) is 2. The van der Waals surface area contributed by atoms with Crippen molar-refractivity contribution in [1.82, 2.24) is 0 Å². The number of carbonyl (C=O) groups excluding carboxylic acids is 1. The normalized spacial score (nSPS) is 11.0. The predicted molar refractivity (Wildman–Crippen MR) is 85.9 cm³/mol. The molecule has 4 nitrogen and oxygen atoms in total. The van der Waals surface area contributed by atoms with Crippen LogP contribution in [0.25, 0.3) is 0 Å². The number of hydrogen-bond acceptors (Lipinski definition) is 2. The quantitative estimate of drug-likeness (QED) is 0.890. The number of carboxylic acids is 1. The number of aliphatic carboxylic acids is 1. The van der Waals surface area contributed by atoms with Crippen molar-refractivity contribution in [2.75, 3.05) is 5.32 Å². The summed E-state index contributed by atoms with van der Waals surface area (Å²) in [5.41, 5.74) is 1.65. The van der Waals surface area contributed by atoms with Crippen molar-refractivity contribution in [1.29, 1.82) is 0 Å². The fourth-order valence-electron chi connectivity index (χ4n) is 2.15. The number of nitrogens with one attached hydrogen (secondary N) is 1. The third-order valence-electron chi connectivity index (χ3n) is 3.63. The molecular formula is C18H19NO3. The summed E-state index contributed by atoms with van der Waals surface area (Å²) in [7, 11) is 0. The molecule has 114 valence electrons. The second kappa shape index (κ2) is 6.43. The molecule has 0 radical (unpaired) electrons. The Hall–Kier alpha value is -2.62. The van der Waals surface area contributed by atoms with Crippen LogP contribution in [-0.2, 0) is 21.4 Å². The zero-order chi connectivity index (χ0) is 16.2. The van der Waals surface area contributed by atoms with Crippen molar-refractivity contribution in [3.63, 3.8) is 0 Å². The van der Waals surface area contributed by atoms with Gasteiger partial charge >= 0.3 is 5.97 Å². The van der Waals surface area contributed by atoms with E-state index in [1.165, 1.54) is 0 Å². The zero-order valence-electron chi connectivity index (χ0n) is 12.7. The highest BCUT2D eigenvalue weighted by Gasteiger charge is 2.29.